The zero-order chi connectivity index (χ0) is 21.6. The van der Waals surface area contributed by atoms with Crippen LogP contribution in [0.4, 0.5) is 13.2 Å². The van der Waals surface area contributed by atoms with E-state index in [4.69, 9.17) is 5.73 Å². The summed E-state index contributed by atoms with van der Waals surface area (Å²) in [6.45, 7) is 0. The molecule has 0 unspecified atom stereocenters. The number of imidazole rings is 1. The van der Waals surface area contributed by atoms with E-state index in [2.05, 4.69) is 15.0 Å². The van der Waals surface area contributed by atoms with Crippen molar-refractivity contribution in [3.8, 4) is 22.8 Å². The van der Waals surface area contributed by atoms with Crippen molar-refractivity contribution in [2.45, 2.75) is 6.18 Å². The number of carbonyl (C=O) groups is 1. The van der Waals surface area contributed by atoms with Gasteiger partial charge in [-0.2, -0.15) is 13.2 Å². The number of phenols is 1. The van der Waals surface area contributed by atoms with Crippen molar-refractivity contribution >= 4 is 17.1 Å². The molecule has 0 saturated carbocycles. The van der Waals surface area contributed by atoms with E-state index in [9.17, 15) is 27.9 Å². The number of H-pyrrole nitrogens is 1. The quantitative estimate of drug-likeness (QED) is 0.474. The van der Waals surface area contributed by atoms with Gasteiger partial charge in [0.2, 0.25) is 0 Å². The Labute approximate surface area is 165 Å². The van der Waals surface area contributed by atoms with Crippen molar-refractivity contribution in [2.75, 3.05) is 0 Å². The molecule has 0 aliphatic rings. The van der Waals surface area contributed by atoms with Gasteiger partial charge in [-0.3, -0.25) is 4.79 Å². The molecule has 0 bridgehead atoms. The Balaban J connectivity index is 1.98. The number of rotatable bonds is 3. The lowest BCUT2D eigenvalue weighted by molar-refractivity contribution is -0.137. The van der Waals surface area contributed by atoms with Gasteiger partial charge in [0.25, 0.3) is 5.91 Å². The van der Waals surface area contributed by atoms with Gasteiger partial charge in [0, 0.05) is 5.56 Å². The van der Waals surface area contributed by atoms with Crippen LogP contribution in [0.25, 0.3) is 28.2 Å². The summed E-state index contributed by atoms with van der Waals surface area (Å²) < 4.78 is 39.5. The number of aromatic nitrogens is 4. The minimum absolute atomic E-state index is 0.00754. The minimum Gasteiger partial charge on any atom is -0.508 e. The third-order valence-corrected chi connectivity index (χ3v) is 4.33. The standard InChI is InChI=1S/C19H12F3N5O3/c20-19(21,22)10-4-6-11(7-5-10)27-17-14(25-18(27)30)13(15(23)29)24-16(26-17)9-2-1-3-12(28)8-9/h1-8,28H,(H2,23,29)(H,25,30). The molecule has 152 valence electrons. The summed E-state index contributed by atoms with van der Waals surface area (Å²) in [4.78, 5) is 35.2. The van der Waals surface area contributed by atoms with Crippen molar-refractivity contribution in [3.05, 3.63) is 70.3 Å². The lowest BCUT2D eigenvalue weighted by Crippen LogP contribution is -2.15. The van der Waals surface area contributed by atoms with Gasteiger partial charge in [0.15, 0.2) is 17.2 Å². The molecule has 0 aliphatic carbocycles. The summed E-state index contributed by atoms with van der Waals surface area (Å²) in [5.41, 5.74) is 3.81. The van der Waals surface area contributed by atoms with Crippen LogP contribution in [0, 0.1) is 0 Å². The summed E-state index contributed by atoms with van der Waals surface area (Å²) >= 11 is 0. The maximum Gasteiger partial charge on any atom is 0.416 e. The molecule has 4 aromatic rings. The molecule has 0 spiro atoms. The van der Waals surface area contributed by atoms with Gasteiger partial charge in [0.05, 0.1) is 11.3 Å². The summed E-state index contributed by atoms with van der Waals surface area (Å²) in [7, 11) is 0. The molecule has 0 fully saturated rings. The molecule has 2 aromatic carbocycles. The zero-order valence-electron chi connectivity index (χ0n) is 14.9. The first-order valence-corrected chi connectivity index (χ1v) is 8.45. The molecule has 4 rings (SSSR count). The fourth-order valence-corrected chi connectivity index (χ4v) is 2.98. The van der Waals surface area contributed by atoms with Crippen LogP contribution in [0.5, 0.6) is 5.75 Å². The van der Waals surface area contributed by atoms with Crippen LogP contribution < -0.4 is 11.4 Å². The Morgan fingerprint density at radius 1 is 1.10 bits per heavy atom. The molecule has 0 radical (unpaired) electrons. The Morgan fingerprint density at radius 2 is 1.80 bits per heavy atom. The molecule has 8 nitrogen and oxygen atoms in total. The number of phenolic OH excluding ortho intramolecular Hbond substituents is 1. The van der Waals surface area contributed by atoms with E-state index in [0.717, 1.165) is 28.8 Å². The van der Waals surface area contributed by atoms with Crippen molar-refractivity contribution in [1.82, 2.24) is 19.5 Å². The lowest BCUT2D eigenvalue weighted by Gasteiger charge is -2.09. The molecule has 0 saturated heterocycles. The monoisotopic (exact) mass is 415 g/mol. The van der Waals surface area contributed by atoms with E-state index in [0.29, 0.717) is 5.56 Å². The fourth-order valence-electron chi connectivity index (χ4n) is 2.98. The van der Waals surface area contributed by atoms with E-state index in [1.54, 1.807) is 6.07 Å². The van der Waals surface area contributed by atoms with Crippen molar-refractivity contribution in [2.24, 2.45) is 5.73 Å². The molecule has 1 amide bonds. The highest BCUT2D eigenvalue weighted by Crippen LogP contribution is 2.30. The Kier molecular flexibility index (Phi) is 4.30. The van der Waals surface area contributed by atoms with Gasteiger partial charge in [-0.1, -0.05) is 12.1 Å². The van der Waals surface area contributed by atoms with E-state index < -0.39 is 23.3 Å². The maximum absolute atomic E-state index is 12.8. The largest absolute Gasteiger partial charge is 0.508 e. The number of primary amides is 1. The number of benzene rings is 2. The van der Waals surface area contributed by atoms with Gasteiger partial charge < -0.3 is 15.8 Å². The number of hydrogen-bond donors (Lipinski definition) is 3. The summed E-state index contributed by atoms with van der Waals surface area (Å²) in [5.74, 6) is -1.03. The second-order valence-corrected chi connectivity index (χ2v) is 6.32. The second-order valence-electron chi connectivity index (χ2n) is 6.32. The van der Waals surface area contributed by atoms with E-state index >= 15 is 0 Å². The number of nitrogens with zero attached hydrogens (tertiary/aromatic N) is 3. The van der Waals surface area contributed by atoms with Crippen LogP contribution in [0.3, 0.4) is 0 Å². The number of carbonyl (C=O) groups excluding carboxylic acids is 1. The number of aromatic hydroxyl groups is 1. The van der Waals surface area contributed by atoms with Gasteiger partial charge in [-0.05, 0) is 36.4 Å². The number of alkyl halides is 3. The van der Waals surface area contributed by atoms with E-state index in [1.807, 2.05) is 0 Å². The van der Waals surface area contributed by atoms with Crippen LogP contribution in [-0.4, -0.2) is 30.5 Å². The average Bonchev–Trinajstić information content (AvgIpc) is 3.02. The molecular formula is C19H12F3N5O3. The number of nitrogens with one attached hydrogen (secondary N) is 1. The number of nitrogens with two attached hydrogens (primary N) is 1. The average molecular weight is 415 g/mol. The van der Waals surface area contributed by atoms with Crippen molar-refractivity contribution in [1.29, 1.82) is 0 Å². The molecule has 2 heterocycles. The summed E-state index contributed by atoms with van der Waals surface area (Å²) in [6.07, 6.45) is -4.53. The molecular weight excluding hydrogens is 403 g/mol. The predicted octanol–water partition coefficient (Wildman–Crippen LogP) is 2.60. The number of fused-ring (bicyclic) bond motifs is 1. The number of halogens is 3. The minimum atomic E-state index is -4.53. The first-order chi connectivity index (χ1) is 14.1. The van der Waals surface area contributed by atoms with Gasteiger partial charge in [-0.15, -0.1) is 0 Å². The van der Waals surface area contributed by atoms with E-state index in [1.165, 1.54) is 18.2 Å². The molecule has 0 aliphatic heterocycles. The third kappa shape index (κ3) is 3.26. The fraction of sp³-hybridized carbons (Fsp3) is 0.0526. The highest BCUT2D eigenvalue weighted by molar-refractivity contribution is 6.02. The highest BCUT2D eigenvalue weighted by Gasteiger charge is 2.30. The zero-order valence-corrected chi connectivity index (χ0v) is 14.9. The summed E-state index contributed by atoms with van der Waals surface area (Å²) in [5, 5.41) is 9.69. The van der Waals surface area contributed by atoms with Gasteiger partial charge in [-0.25, -0.2) is 19.3 Å². The van der Waals surface area contributed by atoms with Crippen LogP contribution in [0.15, 0.2) is 53.3 Å². The summed E-state index contributed by atoms with van der Waals surface area (Å²) in [6, 6.07) is 9.74. The SMILES string of the molecule is NC(=O)c1nc(-c2cccc(O)c2)nc2c1[nH]c(=O)n2-c1ccc(C(F)(F)F)cc1. The van der Waals surface area contributed by atoms with Gasteiger partial charge >= 0.3 is 11.9 Å². The molecule has 11 heteroatoms. The molecule has 2 aromatic heterocycles. The van der Waals surface area contributed by atoms with E-state index in [-0.39, 0.29) is 34.1 Å². The van der Waals surface area contributed by atoms with Crippen LogP contribution in [0.1, 0.15) is 16.1 Å². The first kappa shape index (κ1) is 19.2. The predicted molar refractivity (Wildman–Crippen MR) is 100 cm³/mol. The smallest absolute Gasteiger partial charge is 0.416 e. The molecule has 4 N–H and O–H groups in total. The number of hydrogen-bond acceptors (Lipinski definition) is 5. The first-order valence-electron chi connectivity index (χ1n) is 8.45. The van der Waals surface area contributed by atoms with Crippen LogP contribution in [-0.2, 0) is 6.18 Å². The topological polar surface area (TPSA) is 127 Å². The maximum atomic E-state index is 12.8. The Bertz CT molecular complexity index is 1340. The van der Waals surface area contributed by atoms with Crippen molar-refractivity contribution < 1.29 is 23.1 Å². The Morgan fingerprint density at radius 3 is 2.40 bits per heavy atom. The van der Waals surface area contributed by atoms with Gasteiger partial charge in [0.1, 0.15) is 11.3 Å². The van der Waals surface area contributed by atoms with Crippen molar-refractivity contribution in [3.63, 3.8) is 0 Å². The molecule has 0 atom stereocenters. The number of aromatic amines is 1. The highest BCUT2D eigenvalue weighted by atomic mass is 19.4. The second kappa shape index (κ2) is 6.72. The van der Waals surface area contributed by atoms with Crippen LogP contribution >= 0.6 is 0 Å². The van der Waals surface area contributed by atoms with Crippen LogP contribution in [0.2, 0.25) is 0 Å². The molecule has 30 heavy (non-hydrogen) atoms. The lowest BCUT2D eigenvalue weighted by atomic mass is 10.2. The normalized spacial score (nSPS) is 11.7. The number of amides is 1. The Hall–Kier alpha value is -4.15. The third-order valence-electron chi connectivity index (χ3n) is 4.33.